The molecule has 6 nitrogen and oxygen atoms in total. The number of methoxy groups -OCH3 is 1. The Morgan fingerprint density at radius 1 is 0.931 bits per heavy atom. The van der Waals surface area contributed by atoms with Gasteiger partial charge >= 0.3 is 5.97 Å². The van der Waals surface area contributed by atoms with Crippen LogP contribution in [0.2, 0.25) is 0 Å². The summed E-state index contributed by atoms with van der Waals surface area (Å²) < 4.78 is 10.7. The summed E-state index contributed by atoms with van der Waals surface area (Å²) in [6, 6.07) is 23.1. The minimum Gasteiger partial charge on any atom is -0.493 e. The molecule has 3 aromatic rings. The average molecular weight is 388 g/mol. The largest absolute Gasteiger partial charge is 0.493 e. The number of amides is 1. The highest BCUT2D eigenvalue weighted by molar-refractivity contribution is 5.91. The summed E-state index contributed by atoms with van der Waals surface area (Å²) >= 11 is 0. The third-order valence-electron chi connectivity index (χ3n) is 4.01. The molecule has 6 heteroatoms. The molecule has 1 amide bonds. The van der Waals surface area contributed by atoms with Crippen molar-refractivity contribution in [2.24, 2.45) is 5.10 Å². The molecule has 0 saturated heterocycles. The minimum absolute atomic E-state index is 0.215. The number of carbonyl (C=O) groups is 2. The lowest BCUT2D eigenvalue weighted by atomic mass is 10.1. The first-order chi connectivity index (χ1) is 14.2. The number of nitrogens with zero attached hydrogens (tertiary/aromatic N) is 1. The monoisotopic (exact) mass is 388 g/mol. The molecule has 0 heterocycles. The highest BCUT2D eigenvalue weighted by Crippen LogP contribution is 2.28. The van der Waals surface area contributed by atoms with Gasteiger partial charge in [0.15, 0.2) is 11.5 Å². The van der Waals surface area contributed by atoms with Crippen molar-refractivity contribution in [3.63, 3.8) is 0 Å². The number of hydrazone groups is 1. The van der Waals surface area contributed by atoms with E-state index in [1.165, 1.54) is 13.3 Å². The maximum Gasteiger partial charge on any atom is 0.343 e. The zero-order valence-corrected chi connectivity index (χ0v) is 15.9. The molecule has 29 heavy (non-hydrogen) atoms. The summed E-state index contributed by atoms with van der Waals surface area (Å²) in [5.41, 5.74) is 4.53. The molecule has 0 atom stereocenters. The Balaban J connectivity index is 1.61. The highest BCUT2D eigenvalue weighted by atomic mass is 16.6. The first-order valence-corrected chi connectivity index (χ1v) is 8.97. The maximum atomic E-state index is 12.2. The van der Waals surface area contributed by atoms with E-state index in [4.69, 9.17) is 9.47 Å². The van der Waals surface area contributed by atoms with Crippen molar-refractivity contribution >= 4 is 18.1 Å². The van der Waals surface area contributed by atoms with Crippen LogP contribution in [0.1, 0.15) is 21.5 Å². The predicted octanol–water partition coefficient (Wildman–Crippen LogP) is 3.61. The van der Waals surface area contributed by atoms with E-state index in [0.717, 1.165) is 5.56 Å². The van der Waals surface area contributed by atoms with Gasteiger partial charge in [-0.15, -0.1) is 0 Å². The van der Waals surface area contributed by atoms with Crippen molar-refractivity contribution in [2.75, 3.05) is 7.11 Å². The van der Waals surface area contributed by atoms with Gasteiger partial charge < -0.3 is 9.47 Å². The molecule has 0 spiro atoms. The lowest BCUT2D eigenvalue weighted by Crippen LogP contribution is -2.19. The van der Waals surface area contributed by atoms with Crippen molar-refractivity contribution in [2.45, 2.75) is 6.42 Å². The fourth-order valence-electron chi connectivity index (χ4n) is 2.58. The first kappa shape index (κ1) is 19.8. The Bertz CT molecular complexity index is 1000. The first-order valence-electron chi connectivity index (χ1n) is 8.97. The van der Waals surface area contributed by atoms with Gasteiger partial charge in [-0.1, -0.05) is 48.5 Å². The lowest BCUT2D eigenvalue weighted by molar-refractivity contribution is -0.120. The summed E-state index contributed by atoms with van der Waals surface area (Å²) in [6.07, 6.45) is 1.74. The molecule has 0 unspecified atom stereocenters. The zero-order valence-electron chi connectivity index (χ0n) is 15.9. The van der Waals surface area contributed by atoms with E-state index in [1.54, 1.807) is 42.5 Å². The van der Waals surface area contributed by atoms with Crippen LogP contribution in [0.4, 0.5) is 0 Å². The van der Waals surface area contributed by atoms with Crippen LogP contribution in [-0.4, -0.2) is 25.2 Å². The number of hydrogen-bond donors (Lipinski definition) is 1. The van der Waals surface area contributed by atoms with Gasteiger partial charge in [-0.3, -0.25) is 4.79 Å². The molecule has 0 aliphatic rings. The van der Waals surface area contributed by atoms with Gasteiger partial charge in [-0.2, -0.15) is 5.10 Å². The maximum absolute atomic E-state index is 12.2. The average Bonchev–Trinajstić information content (AvgIpc) is 2.76. The van der Waals surface area contributed by atoms with Gasteiger partial charge in [0.25, 0.3) is 0 Å². The Morgan fingerprint density at radius 3 is 2.31 bits per heavy atom. The highest BCUT2D eigenvalue weighted by Gasteiger charge is 2.12. The second-order valence-electron chi connectivity index (χ2n) is 6.12. The Hall–Kier alpha value is -3.93. The summed E-state index contributed by atoms with van der Waals surface area (Å²) in [6.45, 7) is 0. The second kappa shape index (κ2) is 9.85. The molecule has 3 aromatic carbocycles. The molecule has 146 valence electrons. The number of esters is 1. The number of benzene rings is 3. The number of carbonyl (C=O) groups excluding carboxylic acids is 2. The van der Waals surface area contributed by atoms with Crippen molar-refractivity contribution in [3.8, 4) is 11.5 Å². The van der Waals surface area contributed by atoms with E-state index in [9.17, 15) is 9.59 Å². The van der Waals surface area contributed by atoms with Crippen molar-refractivity contribution in [1.82, 2.24) is 5.43 Å². The van der Waals surface area contributed by atoms with E-state index in [2.05, 4.69) is 10.5 Å². The third-order valence-corrected chi connectivity index (χ3v) is 4.01. The van der Waals surface area contributed by atoms with Crippen LogP contribution in [0.15, 0.2) is 84.0 Å². The van der Waals surface area contributed by atoms with E-state index >= 15 is 0 Å². The molecule has 0 aliphatic heterocycles. The number of nitrogens with one attached hydrogen (secondary N) is 1. The molecule has 0 saturated carbocycles. The van der Waals surface area contributed by atoms with Gasteiger partial charge in [-0.25, -0.2) is 10.2 Å². The summed E-state index contributed by atoms with van der Waals surface area (Å²) in [5, 5.41) is 3.96. The van der Waals surface area contributed by atoms with Crippen LogP contribution >= 0.6 is 0 Å². The van der Waals surface area contributed by atoms with Crippen LogP contribution in [-0.2, 0) is 11.2 Å². The summed E-state index contributed by atoms with van der Waals surface area (Å²) in [7, 11) is 1.48. The van der Waals surface area contributed by atoms with Gasteiger partial charge in [0.2, 0.25) is 5.91 Å². The standard InChI is InChI=1S/C23H20N2O4/c1-28-21-14-18(16-24-25-22(26)15-17-8-4-2-5-9-17)12-13-20(21)29-23(27)19-10-6-3-7-11-19/h2-14,16H,15H2,1H3,(H,25,26). The Kier molecular flexibility index (Phi) is 6.73. The smallest absolute Gasteiger partial charge is 0.343 e. The minimum atomic E-state index is -0.474. The molecular weight excluding hydrogens is 368 g/mol. The molecule has 0 aromatic heterocycles. The fourth-order valence-corrected chi connectivity index (χ4v) is 2.58. The van der Waals surface area contributed by atoms with Crippen molar-refractivity contribution in [3.05, 3.63) is 95.6 Å². The van der Waals surface area contributed by atoms with E-state index in [0.29, 0.717) is 22.6 Å². The van der Waals surface area contributed by atoms with Crippen LogP contribution in [0.25, 0.3) is 0 Å². The molecule has 0 fully saturated rings. The zero-order chi connectivity index (χ0) is 20.5. The SMILES string of the molecule is COc1cc(C=NNC(=O)Cc2ccccc2)ccc1OC(=O)c1ccccc1. The second-order valence-corrected chi connectivity index (χ2v) is 6.12. The topological polar surface area (TPSA) is 77.0 Å². The molecule has 0 bridgehead atoms. The Morgan fingerprint density at radius 2 is 1.62 bits per heavy atom. The number of rotatable bonds is 7. The van der Waals surface area contributed by atoms with Crippen LogP contribution < -0.4 is 14.9 Å². The molecule has 0 aliphatic carbocycles. The number of ether oxygens (including phenoxy) is 2. The molecule has 3 rings (SSSR count). The lowest BCUT2D eigenvalue weighted by Gasteiger charge is -2.10. The normalized spacial score (nSPS) is 10.5. The van der Waals surface area contributed by atoms with E-state index < -0.39 is 5.97 Å². The van der Waals surface area contributed by atoms with E-state index in [-0.39, 0.29) is 12.3 Å². The van der Waals surface area contributed by atoms with E-state index in [1.807, 2.05) is 36.4 Å². The van der Waals surface area contributed by atoms with Gasteiger partial charge in [0.1, 0.15) is 0 Å². The van der Waals surface area contributed by atoms with Gasteiger partial charge in [0.05, 0.1) is 25.3 Å². The molecular formula is C23H20N2O4. The Labute approximate surface area is 168 Å². The van der Waals surface area contributed by atoms with Crippen molar-refractivity contribution in [1.29, 1.82) is 0 Å². The third kappa shape index (κ3) is 5.77. The van der Waals surface area contributed by atoms with Crippen molar-refractivity contribution < 1.29 is 19.1 Å². The molecule has 0 radical (unpaired) electrons. The summed E-state index contributed by atoms with van der Waals surface area (Å²) in [5.74, 6) is -0.00761. The quantitative estimate of drug-likeness (QED) is 0.290. The number of hydrogen-bond acceptors (Lipinski definition) is 5. The molecule has 1 N–H and O–H groups in total. The van der Waals surface area contributed by atoms with Crippen LogP contribution in [0.5, 0.6) is 11.5 Å². The van der Waals surface area contributed by atoms with Crippen LogP contribution in [0.3, 0.4) is 0 Å². The van der Waals surface area contributed by atoms with Crippen LogP contribution in [0, 0.1) is 0 Å². The predicted molar refractivity (Wildman–Crippen MR) is 110 cm³/mol. The summed E-state index contributed by atoms with van der Waals surface area (Å²) in [4.78, 5) is 24.1. The van der Waals surface area contributed by atoms with Gasteiger partial charge in [0, 0.05) is 0 Å². The van der Waals surface area contributed by atoms with Gasteiger partial charge in [-0.05, 0) is 41.5 Å². The fraction of sp³-hybridized carbons (Fsp3) is 0.0870.